The standard InChI is InChI=1S/C20H21BrN2O5/c1-3-27-17-10-8-16(9-11-17)23-19(25)13(2)28-18(24)12-22-20(26)14-4-6-15(21)7-5-14/h4-11,13H,3,12H2,1-2H3,(H,22,26)(H,23,25). The lowest BCUT2D eigenvalue weighted by Gasteiger charge is -2.14. The second kappa shape index (κ2) is 10.5. The van der Waals surface area contributed by atoms with Crippen LogP contribution in [-0.4, -0.2) is 37.0 Å². The Morgan fingerprint density at radius 3 is 2.29 bits per heavy atom. The van der Waals surface area contributed by atoms with Gasteiger partial charge in [-0.2, -0.15) is 0 Å². The fraction of sp³-hybridized carbons (Fsp3) is 0.250. The lowest BCUT2D eigenvalue weighted by atomic mass is 10.2. The van der Waals surface area contributed by atoms with E-state index in [9.17, 15) is 14.4 Å². The molecule has 0 saturated carbocycles. The van der Waals surface area contributed by atoms with Crippen molar-refractivity contribution in [3.05, 3.63) is 58.6 Å². The first-order valence-corrected chi connectivity index (χ1v) is 9.45. The van der Waals surface area contributed by atoms with E-state index in [-0.39, 0.29) is 6.54 Å². The van der Waals surface area contributed by atoms with Crippen LogP contribution in [0.1, 0.15) is 24.2 Å². The maximum Gasteiger partial charge on any atom is 0.326 e. The molecule has 0 aromatic heterocycles. The van der Waals surface area contributed by atoms with Crippen LogP contribution in [0.5, 0.6) is 5.75 Å². The van der Waals surface area contributed by atoms with Gasteiger partial charge < -0.3 is 20.1 Å². The molecule has 2 rings (SSSR count). The molecule has 8 heteroatoms. The number of hydrogen-bond donors (Lipinski definition) is 2. The Labute approximate surface area is 171 Å². The predicted molar refractivity (Wildman–Crippen MR) is 108 cm³/mol. The van der Waals surface area contributed by atoms with Crippen molar-refractivity contribution in [2.75, 3.05) is 18.5 Å². The normalized spacial score (nSPS) is 11.2. The second-order valence-corrected chi connectivity index (χ2v) is 6.68. The third kappa shape index (κ3) is 6.70. The summed E-state index contributed by atoms with van der Waals surface area (Å²) in [5.41, 5.74) is 0.970. The zero-order chi connectivity index (χ0) is 20.5. The molecule has 0 aliphatic carbocycles. The van der Waals surface area contributed by atoms with Gasteiger partial charge in [-0.25, -0.2) is 0 Å². The Morgan fingerprint density at radius 1 is 1.04 bits per heavy atom. The summed E-state index contributed by atoms with van der Waals surface area (Å²) in [6.07, 6.45) is -1.01. The summed E-state index contributed by atoms with van der Waals surface area (Å²) in [7, 11) is 0. The SMILES string of the molecule is CCOc1ccc(NC(=O)C(C)OC(=O)CNC(=O)c2ccc(Br)cc2)cc1. The van der Waals surface area contributed by atoms with E-state index in [2.05, 4.69) is 26.6 Å². The van der Waals surface area contributed by atoms with Gasteiger partial charge in [0.15, 0.2) is 6.10 Å². The van der Waals surface area contributed by atoms with Crippen molar-refractivity contribution in [3.8, 4) is 5.75 Å². The molecule has 0 saturated heterocycles. The number of benzene rings is 2. The summed E-state index contributed by atoms with van der Waals surface area (Å²) in [4.78, 5) is 36.0. The molecule has 0 bridgehead atoms. The van der Waals surface area contributed by atoms with Crippen LogP contribution in [-0.2, 0) is 14.3 Å². The van der Waals surface area contributed by atoms with Crippen molar-refractivity contribution >= 4 is 39.4 Å². The summed E-state index contributed by atoms with van der Waals surface area (Å²) in [6.45, 7) is 3.55. The van der Waals surface area contributed by atoms with Gasteiger partial charge in [0.05, 0.1) is 6.61 Å². The highest BCUT2D eigenvalue weighted by molar-refractivity contribution is 9.10. The van der Waals surface area contributed by atoms with Crippen molar-refractivity contribution in [1.82, 2.24) is 5.32 Å². The van der Waals surface area contributed by atoms with E-state index in [4.69, 9.17) is 9.47 Å². The molecule has 2 aromatic carbocycles. The summed E-state index contributed by atoms with van der Waals surface area (Å²) in [6, 6.07) is 13.5. The van der Waals surface area contributed by atoms with Gasteiger partial charge in [0.25, 0.3) is 11.8 Å². The minimum Gasteiger partial charge on any atom is -0.494 e. The largest absolute Gasteiger partial charge is 0.494 e. The zero-order valence-electron chi connectivity index (χ0n) is 15.5. The number of rotatable bonds is 8. The first kappa shape index (κ1) is 21.4. The van der Waals surface area contributed by atoms with E-state index < -0.39 is 23.9 Å². The maximum absolute atomic E-state index is 12.1. The Hall–Kier alpha value is -2.87. The lowest BCUT2D eigenvalue weighted by molar-refractivity contribution is -0.152. The van der Waals surface area contributed by atoms with Gasteiger partial charge in [-0.1, -0.05) is 15.9 Å². The number of nitrogens with one attached hydrogen (secondary N) is 2. The molecule has 0 aliphatic rings. The van der Waals surface area contributed by atoms with E-state index in [1.165, 1.54) is 6.92 Å². The number of halogens is 1. The zero-order valence-corrected chi connectivity index (χ0v) is 17.1. The van der Waals surface area contributed by atoms with Crippen LogP contribution in [0.15, 0.2) is 53.0 Å². The number of hydrogen-bond acceptors (Lipinski definition) is 5. The fourth-order valence-corrected chi connectivity index (χ4v) is 2.46. The van der Waals surface area contributed by atoms with Gasteiger partial charge in [0.2, 0.25) is 0 Å². The number of amides is 2. The lowest BCUT2D eigenvalue weighted by Crippen LogP contribution is -2.35. The summed E-state index contributed by atoms with van der Waals surface area (Å²) < 4.78 is 11.2. The molecule has 2 N–H and O–H groups in total. The predicted octanol–water partition coefficient (Wildman–Crippen LogP) is 3.15. The van der Waals surface area contributed by atoms with E-state index >= 15 is 0 Å². The first-order valence-electron chi connectivity index (χ1n) is 8.66. The highest BCUT2D eigenvalue weighted by Gasteiger charge is 2.18. The van der Waals surface area contributed by atoms with Gasteiger partial charge in [-0.3, -0.25) is 14.4 Å². The van der Waals surface area contributed by atoms with Gasteiger partial charge in [0, 0.05) is 15.7 Å². The van der Waals surface area contributed by atoms with Gasteiger partial charge >= 0.3 is 5.97 Å². The minimum atomic E-state index is -1.01. The van der Waals surface area contributed by atoms with E-state index in [1.807, 2.05) is 6.92 Å². The number of ether oxygens (including phenoxy) is 2. The highest BCUT2D eigenvalue weighted by atomic mass is 79.9. The van der Waals surface area contributed by atoms with Gasteiger partial charge in [-0.15, -0.1) is 0 Å². The molecule has 0 spiro atoms. The number of anilines is 1. The molecule has 0 radical (unpaired) electrons. The maximum atomic E-state index is 12.1. The van der Waals surface area contributed by atoms with Crippen LogP contribution < -0.4 is 15.4 Å². The van der Waals surface area contributed by atoms with E-state index in [1.54, 1.807) is 48.5 Å². The molecule has 7 nitrogen and oxygen atoms in total. The molecule has 1 unspecified atom stereocenters. The molecule has 2 amide bonds. The van der Waals surface area contributed by atoms with Crippen LogP contribution >= 0.6 is 15.9 Å². The van der Waals surface area contributed by atoms with E-state index in [0.717, 1.165) is 4.47 Å². The molecule has 1 atom stereocenters. The molecular formula is C20H21BrN2O5. The van der Waals surface area contributed by atoms with E-state index in [0.29, 0.717) is 23.6 Å². The molecule has 0 heterocycles. The molecule has 2 aromatic rings. The van der Waals surface area contributed by atoms with Crippen molar-refractivity contribution in [3.63, 3.8) is 0 Å². The smallest absolute Gasteiger partial charge is 0.326 e. The van der Waals surface area contributed by atoms with Crippen molar-refractivity contribution in [2.24, 2.45) is 0 Å². The quantitative estimate of drug-likeness (QED) is 0.604. The summed E-state index contributed by atoms with van der Waals surface area (Å²) >= 11 is 3.28. The molecular weight excluding hydrogens is 428 g/mol. The second-order valence-electron chi connectivity index (χ2n) is 5.77. The van der Waals surface area contributed by atoms with Crippen LogP contribution in [0.3, 0.4) is 0 Å². The van der Waals surface area contributed by atoms with Crippen LogP contribution in [0, 0.1) is 0 Å². The van der Waals surface area contributed by atoms with Crippen LogP contribution in [0.2, 0.25) is 0 Å². The monoisotopic (exact) mass is 448 g/mol. The molecule has 148 valence electrons. The third-order valence-corrected chi connectivity index (χ3v) is 4.14. The number of carbonyl (C=O) groups is 3. The van der Waals surface area contributed by atoms with Crippen LogP contribution in [0.4, 0.5) is 5.69 Å². The molecule has 0 aliphatic heterocycles. The van der Waals surface area contributed by atoms with Gasteiger partial charge in [-0.05, 0) is 62.4 Å². The topological polar surface area (TPSA) is 93.7 Å². The number of carbonyl (C=O) groups excluding carboxylic acids is 3. The summed E-state index contributed by atoms with van der Waals surface area (Å²) in [5.74, 6) is -0.894. The number of esters is 1. The van der Waals surface area contributed by atoms with Crippen molar-refractivity contribution in [1.29, 1.82) is 0 Å². The Kier molecular flexibility index (Phi) is 8.01. The summed E-state index contributed by atoms with van der Waals surface area (Å²) in [5, 5.41) is 5.10. The highest BCUT2D eigenvalue weighted by Crippen LogP contribution is 2.16. The van der Waals surface area contributed by atoms with Gasteiger partial charge in [0.1, 0.15) is 12.3 Å². The average Bonchev–Trinajstić information content (AvgIpc) is 2.68. The first-order chi connectivity index (χ1) is 13.4. The Morgan fingerprint density at radius 2 is 1.68 bits per heavy atom. The Balaban J connectivity index is 1.78. The minimum absolute atomic E-state index is 0.338. The van der Waals surface area contributed by atoms with Crippen molar-refractivity contribution < 1.29 is 23.9 Å². The Bertz CT molecular complexity index is 821. The fourth-order valence-electron chi connectivity index (χ4n) is 2.19. The molecule has 28 heavy (non-hydrogen) atoms. The average molecular weight is 449 g/mol. The third-order valence-electron chi connectivity index (χ3n) is 3.61. The molecule has 0 fully saturated rings. The van der Waals surface area contributed by atoms with Crippen LogP contribution in [0.25, 0.3) is 0 Å². The van der Waals surface area contributed by atoms with Crippen molar-refractivity contribution in [2.45, 2.75) is 20.0 Å².